The second kappa shape index (κ2) is 6.78. The summed E-state index contributed by atoms with van der Waals surface area (Å²) in [5.41, 5.74) is 0.665. The number of ether oxygens (including phenoxy) is 1. The van der Waals surface area contributed by atoms with Crippen molar-refractivity contribution in [2.75, 3.05) is 26.2 Å². The molecular formula is C20H26FN3O3. The molecule has 3 fully saturated rings. The van der Waals surface area contributed by atoms with Gasteiger partial charge in [-0.05, 0) is 50.5 Å². The molecule has 4 atom stereocenters. The Bertz CT molecular complexity index is 771. The molecule has 3 saturated heterocycles. The molecule has 146 valence electrons. The van der Waals surface area contributed by atoms with Gasteiger partial charge in [-0.15, -0.1) is 0 Å². The number of amides is 3. The lowest BCUT2D eigenvalue weighted by atomic mass is 9.73. The van der Waals surface area contributed by atoms with Crippen LogP contribution in [0, 0.1) is 24.6 Å². The van der Waals surface area contributed by atoms with Crippen molar-refractivity contribution in [1.82, 2.24) is 15.5 Å². The summed E-state index contributed by atoms with van der Waals surface area (Å²) in [4.78, 5) is 26.5. The number of hydrogen-bond donors (Lipinski definition) is 2. The van der Waals surface area contributed by atoms with E-state index < -0.39 is 0 Å². The Labute approximate surface area is 158 Å². The van der Waals surface area contributed by atoms with Crippen molar-refractivity contribution in [2.24, 2.45) is 11.8 Å². The minimum absolute atomic E-state index is 0.0436. The zero-order valence-electron chi connectivity index (χ0n) is 15.8. The number of fused-ring (bicyclic) bond motifs is 1. The smallest absolute Gasteiger partial charge is 0.317 e. The molecule has 1 spiro atoms. The van der Waals surface area contributed by atoms with Crippen molar-refractivity contribution in [1.29, 1.82) is 0 Å². The van der Waals surface area contributed by atoms with Crippen LogP contribution in [0.15, 0.2) is 18.2 Å². The molecule has 3 amide bonds. The van der Waals surface area contributed by atoms with Gasteiger partial charge in [0.1, 0.15) is 5.82 Å². The van der Waals surface area contributed by atoms with Crippen molar-refractivity contribution in [2.45, 2.75) is 38.4 Å². The predicted molar refractivity (Wildman–Crippen MR) is 97.9 cm³/mol. The van der Waals surface area contributed by atoms with E-state index in [2.05, 4.69) is 10.6 Å². The molecular weight excluding hydrogens is 349 g/mol. The number of halogens is 1. The van der Waals surface area contributed by atoms with E-state index in [9.17, 15) is 14.0 Å². The van der Waals surface area contributed by atoms with Gasteiger partial charge in [-0.3, -0.25) is 4.79 Å². The van der Waals surface area contributed by atoms with Crippen LogP contribution in [-0.2, 0) is 4.74 Å². The van der Waals surface area contributed by atoms with E-state index in [1.54, 1.807) is 13.0 Å². The highest BCUT2D eigenvalue weighted by Crippen LogP contribution is 2.54. The van der Waals surface area contributed by atoms with Crippen molar-refractivity contribution in [3.05, 3.63) is 35.1 Å². The number of aryl methyl sites for hydroxylation is 1. The van der Waals surface area contributed by atoms with Crippen LogP contribution < -0.4 is 10.6 Å². The molecule has 0 saturated carbocycles. The highest BCUT2D eigenvalue weighted by Gasteiger charge is 2.63. The van der Waals surface area contributed by atoms with Crippen LogP contribution in [0.5, 0.6) is 0 Å². The maximum absolute atomic E-state index is 13.4. The fourth-order valence-corrected chi connectivity index (χ4v) is 4.98. The monoisotopic (exact) mass is 375 g/mol. The molecule has 3 aliphatic rings. The average Bonchev–Trinajstić information content (AvgIpc) is 3.30. The first-order valence-electron chi connectivity index (χ1n) is 9.68. The zero-order valence-corrected chi connectivity index (χ0v) is 15.8. The SMILES string of the molecule is CCNC(=O)N1C[C@@H]2[C@H](CNC(=O)c3ccc(F)c(C)c3)[C@H]3CC[C@]2(C1)O3. The summed E-state index contributed by atoms with van der Waals surface area (Å²) in [6.45, 7) is 5.96. The lowest BCUT2D eigenvalue weighted by Gasteiger charge is -2.29. The van der Waals surface area contributed by atoms with Crippen molar-refractivity contribution in [3.63, 3.8) is 0 Å². The third kappa shape index (κ3) is 3.08. The number of carbonyl (C=O) groups excluding carboxylic acids is 2. The van der Waals surface area contributed by atoms with E-state index >= 15 is 0 Å². The molecule has 0 radical (unpaired) electrons. The third-order valence-corrected chi connectivity index (χ3v) is 6.32. The normalized spacial score (nSPS) is 31.1. The Morgan fingerprint density at radius 1 is 1.37 bits per heavy atom. The van der Waals surface area contributed by atoms with Crippen LogP contribution in [0.4, 0.5) is 9.18 Å². The summed E-state index contributed by atoms with van der Waals surface area (Å²) in [7, 11) is 0. The molecule has 2 N–H and O–H groups in total. The van der Waals surface area contributed by atoms with E-state index in [4.69, 9.17) is 4.74 Å². The maximum Gasteiger partial charge on any atom is 0.317 e. The Morgan fingerprint density at radius 3 is 2.93 bits per heavy atom. The van der Waals surface area contributed by atoms with Gasteiger partial charge in [-0.25, -0.2) is 9.18 Å². The molecule has 0 aliphatic carbocycles. The fraction of sp³-hybridized carbons (Fsp3) is 0.600. The molecule has 1 aromatic rings. The van der Waals surface area contributed by atoms with Crippen molar-refractivity contribution in [3.8, 4) is 0 Å². The average molecular weight is 375 g/mol. The Morgan fingerprint density at radius 2 is 2.19 bits per heavy atom. The summed E-state index contributed by atoms with van der Waals surface area (Å²) in [6.07, 6.45) is 2.08. The van der Waals surface area contributed by atoms with E-state index in [0.29, 0.717) is 37.3 Å². The number of carbonyl (C=O) groups is 2. The van der Waals surface area contributed by atoms with E-state index in [1.165, 1.54) is 12.1 Å². The van der Waals surface area contributed by atoms with Gasteiger partial charge in [-0.1, -0.05) is 0 Å². The minimum atomic E-state index is -0.314. The molecule has 2 bridgehead atoms. The van der Waals surface area contributed by atoms with Crippen LogP contribution in [-0.4, -0.2) is 54.7 Å². The first-order valence-corrected chi connectivity index (χ1v) is 9.68. The fourth-order valence-electron chi connectivity index (χ4n) is 4.98. The standard InChI is InChI=1S/C20H26FN3O3/c1-3-22-19(26)24-10-15-14(17-6-7-20(15,11-24)27-17)9-23-18(25)13-4-5-16(21)12(2)8-13/h4-5,8,14-15,17H,3,6-7,9-11H2,1-2H3,(H,22,26)(H,23,25)/t14-,15+,17+,20+/m0/s1. The number of likely N-dealkylation sites (tertiary alicyclic amines) is 1. The van der Waals surface area contributed by atoms with Gasteiger partial charge >= 0.3 is 6.03 Å². The maximum atomic E-state index is 13.4. The van der Waals surface area contributed by atoms with Gasteiger partial charge in [-0.2, -0.15) is 0 Å². The second-order valence-corrected chi connectivity index (χ2v) is 7.92. The van der Waals surface area contributed by atoms with Gasteiger partial charge < -0.3 is 20.3 Å². The zero-order chi connectivity index (χ0) is 19.2. The molecule has 3 aliphatic heterocycles. The Hall–Kier alpha value is -2.15. The van der Waals surface area contributed by atoms with Gasteiger partial charge in [0.2, 0.25) is 0 Å². The van der Waals surface area contributed by atoms with Crippen molar-refractivity contribution < 1.29 is 18.7 Å². The second-order valence-electron chi connectivity index (χ2n) is 7.92. The minimum Gasteiger partial charge on any atom is -0.369 e. The first-order chi connectivity index (χ1) is 12.9. The Balaban J connectivity index is 1.42. The molecule has 27 heavy (non-hydrogen) atoms. The number of nitrogens with one attached hydrogen (secondary N) is 2. The molecule has 1 aromatic carbocycles. The number of nitrogens with zero attached hydrogens (tertiary/aromatic N) is 1. The molecule has 0 aromatic heterocycles. The van der Waals surface area contributed by atoms with Crippen LogP contribution in [0.3, 0.4) is 0 Å². The number of hydrogen-bond acceptors (Lipinski definition) is 3. The lowest BCUT2D eigenvalue weighted by molar-refractivity contribution is 0.00555. The Kier molecular flexibility index (Phi) is 4.58. The van der Waals surface area contributed by atoms with Gasteiger partial charge in [0.15, 0.2) is 0 Å². The molecule has 4 rings (SSSR count). The number of urea groups is 1. The van der Waals surface area contributed by atoms with Gasteiger partial charge in [0.05, 0.1) is 18.2 Å². The van der Waals surface area contributed by atoms with Crippen LogP contribution in [0.25, 0.3) is 0 Å². The molecule has 0 unspecified atom stereocenters. The predicted octanol–water partition coefficient (Wildman–Crippen LogP) is 2.07. The lowest BCUT2D eigenvalue weighted by Crippen LogP contribution is -2.41. The van der Waals surface area contributed by atoms with Crippen molar-refractivity contribution >= 4 is 11.9 Å². The topological polar surface area (TPSA) is 70.7 Å². The summed E-state index contributed by atoms with van der Waals surface area (Å²) in [5.74, 6) is -0.0716. The number of rotatable bonds is 4. The first kappa shape index (κ1) is 18.2. The largest absolute Gasteiger partial charge is 0.369 e. The van der Waals surface area contributed by atoms with Crippen LogP contribution in [0.1, 0.15) is 35.7 Å². The molecule has 6 nitrogen and oxygen atoms in total. The molecule has 3 heterocycles. The summed E-state index contributed by atoms with van der Waals surface area (Å²) >= 11 is 0. The summed E-state index contributed by atoms with van der Waals surface area (Å²) in [6, 6.07) is 4.35. The molecule has 7 heteroatoms. The van der Waals surface area contributed by atoms with Gasteiger partial charge in [0.25, 0.3) is 5.91 Å². The highest BCUT2D eigenvalue weighted by atomic mass is 19.1. The summed E-state index contributed by atoms with van der Waals surface area (Å²) in [5, 5.41) is 5.85. The van der Waals surface area contributed by atoms with E-state index in [-0.39, 0.29) is 41.3 Å². The number of benzene rings is 1. The van der Waals surface area contributed by atoms with Crippen LogP contribution in [0.2, 0.25) is 0 Å². The van der Waals surface area contributed by atoms with Gasteiger partial charge in [0, 0.05) is 37.0 Å². The highest BCUT2D eigenvalue weighted by molar-refractivity contribution is 5.94. The quantitative estimate of drug-likeness (QED) is 0.846. The van der Waals surface area contributed by atoms with Crippen LogP contribution >= 0.6 is 0 Å². The van der Waals surface area contributed by atoms with E-state index in [1.807, 2.05) is 11.8 Å². The third-order valence-electron chi connectivity index (χ3n) is 6.32. The van der Waals surface area contributed by atoms with E-state index in [0.717, 1.165) is 12.8 Å². The summed E-state index contributed by atoms with van der Waals surface area (Å²) < 4.78 is 19.7.